The second-order valence-corrected chi connectivity index (χ2v) is 11.0. The van der Waals surface area contributed by atoms with Crippen molar-refractivity contribution in [3.05, 3.63) is 88.8 Å². The molecule has 7 aromatic rings. The molecule has 156 valence electrons. The Hall–Kier alpha value is -2.94. The van der Waals surface area contributed by atoms with Gasteiger partial charge in [-0.3, -0.25) is 0 Å². The molecule has 33 heavy (non-hydrogen) atoms. The Labute approximate surface area is 210 Å². The van der Waals surface area contributed by atoms with E-state index in [0.29, 0.717) is 15.5 Å². The summed E-state index contributed by atoms with van der Waals surface area (Å²) in [6.45, 7) is 0. The minimum absolute atomic E-state index is 0.695. The van der Waals surface area contributed by atoms with Gasteiger partial charge in [0.2, 0.25) is 0 Å². The van der Waals surface area contributed by atoms with E-state index in [1.54, 1.807) is 22.7 Å². The minimum atomic E-state index is 0.695. The van der Waals surface area contributed by atoms with Crippen LogP contribution >= 0.6 is 45.3 Å². The van der Waals surface area contributed by atoms with Crippen LogP contribution in [0.1, 0.15) is 0 Å². The number of thiophene rings is 2. The van der Waals surface area contributed by atoms with Crippen LogP contribution in [0.2, 0.25) is 0 Å². The highest BCUT2D eigenvalue weighted by Crippen LogP contribution is 2.37. The van der Waals surface area contributed by atoms with E-state index in [1.807, 2.05) is 0 Å². The van der Waals surface area contributed by atoms with Crippen LogP contribution in [0.4, 0.5) is 0 Å². The van der Waals surface area contributed by atoms with Crippen molar-refractivity contribution in [1.82, 2.24) is 15.0 Å². The number of fused-ring (bicyclic) bond motifs is 6. The largest absolute Gasteiger partial charge is 0.208 e. The summed E-state index contributed by atoms with van der Waals surface area (Å²) < 4.78 is 5.79. The molecule has 0 saturated heterocycles. The third-order valence-corrected chi connectivity index (χ3v) is 8.63. The highest BCUT2D eigenvalue weighted by molar-refractivity contribution is 14.1. The number of rotatable bonds is 2. The molecule has 0 amide bonds. The normalized spacial score (nSPS) is 11.8. The van der Waals surface area contributed by atoms with Gasteiger partial charge in [-0.1, -0.05) is 60.7 Å². The van der Waals surface area contributed by atoms with Gasteiger partial charge in [0.25, 0.3) is 0 Å². The quantitative estimate of drug-likeness (QED) is 0.195. The van der Waals surface area contributed by atoms with E-state index in [1.165, 1.54) is 40.3 Å². The van der Waals surface area contributed by atoms with Crippen LogP contribution in [0, 0.1) is 3.83 Å². The summed E-state index contributed by atoms with van der Waals surface area (Å²) in [5, 5.41) is 5.15. The van der Waals surface area contributed by atoms with Crippen LogP contribution in [0.15, 0.2) is 84.9 Å². The Morgan fingerprint density at radius 3 is 1.45 bits per heavy atom. The van der Waals surface area contributed by atoms with Crippen LogP contribution in [0.5, 0.6) is 0 Å². The second-order valence-electron chi connectivity index (χ2n) is 7.87. The Kier molecular flexibility index (Phi) is 4.46. The monoisotopic (exact) mass is 571 g/mol. The first-order chi connectivity index (χ1) is 16.2. The lowest BCUT2D eigenvalue weighted by molar-refractivity contribution is 1.02. The smallest absolute Gasteiger partial charge is 0.194 e. The van der Waals surface area contributed by atoms with Gasteiger partial charge in [-0.15, -0.1) is 22.7 Å². The molecule has 0 atom stereocenters. The van der Waals surface area contributed by atoms with Gasteiger partial charge in [-0.2, -0.15) is 0 Å². The van der Waals surface area contributed by atoms with Crippen molar-refractivity contribution in [3.8, 4) is 22.8 Å². The van der Waals surface area contributed by atoms with Crippen molar-refractivity contribution in [1.29, 1.82) is 0 Å². The molecule has 0 aliphatic carbocycles. The lowest BCUT2D eigenvalue weighted by Gasteiger charge is -2.06. The van der Waals surface area contributed by atoms with Gasteiger partial charge in [0.1, 0.15) is 0 Å². The standard InChI is InChI=1S/C27H14IN3S2/c28-27-30-25(15-9-11-19-17-5-1-3-7-21(17)32-23(19)13-15)29-26(31-27)16-10-12-20-18-6-2-4-8-22(18)33-24(20)14-16/h1-14H. The Morgan fingerprint density at radius 2 is 0.939 bits per heavy atom. The zero-order valence-corrected chi connectivity index (χ0v) is 20.9. The van der Waals surface area contributed by atoms with Crippen molar-refractivity contribution in [2.24, 2.45) is 0 Å². The number of halogens is 1. The van der Waals surface area contributed by atoms with Crippen LogP contribution in [0.25, 0.3) is 63.1 Å². The summed E-state index contributed by atoms with van der Waals surface area (Å²) >= 11 is 5.80. The fourth-order valence-electron chi connectivity index (χ4n) is 4.34. The summed E-state index contributed by atoms with van der Waals surface area (Å²) in [6, 6.07) is 30.1. The molecule has 7 rings (SSSR count). The van der Waals surface area contributed by atoms with Crippen LogP contribution < -0.4 is 0 Å². The van der Waals surface area contributed by atoms with E-state index >= 15 is 0 Å². The summed E-state index contributed by atoms with van der Waals surface area (Å²) in [7, 11) is 0. The average molecular weight is 571 g/mol. The molecule has 0 spiro atoms. The topological polar surface area (TPSA) is 38.7 Å². The number of benzene rings is 4. The molecule has 3 aromatic heterocycles. The van der Waals surface area contributed by atoms with Gasteiger partial charge >= 0.3 is 0 Å². The number of hydrogen-bond acceptors (Lipinski definition) is 5. The van der Waals surface area contributed by atoms with E-state index < -0.39 is 0 Å². The van der Waals surface area contributed by atoms with Crippen molar-refractivity contribution in [2.75, 3.05) is 0 Å². The predicted molar refractivity (Wildman–Crippen MR) is 149 cm³/mol. The summed E-state index contributed by atoms with van der Waals surface area (Å²) in [4.78, 5) is 14.2. The van der Waals surface area contributed by atoms with Gasteiger partial charge < -0.3 is 0 Å². The summed E-state index contributed by atoms with van der Waals surface area (Å²) in [5.74, 6) is 1.42. The Bertz CT molecular complexity index is 1720. The molecule has 0 aliphatic heterocycles. The van der Waals surface area contributed by atoms with Crippen LogP contribution in [-0.2, 0) is 0 Å². The maximum absolute atomic E-state index is 4.88. The molecule has 3 nitrogen and oxygen atoms in total. The highest BCUT2D eigenvalue weighted by Gasteiger charge is 2.13. The zero-order chi connectivity index (χ0) is 21.9. The maximum atomic E-state index is 4.88. The fraction of sp³-hybridized carbons (Fsp3) is 0. The highest BCUT2D eigenvalue weighted by atomic mass is 127. The molecule has 0 fully saturated rings. The Morgan fingerprint density at radius 1 is 0.485 bits per heavy atom. The van der Waals surface area contributed by atoms with E-state index in [-0.39, 0.29) is 0 Å². The zero-order valence-electron chi connectivity index (χ0n) is 17.1. The minimum Gasteiger partial charge on any atom is -0.208 e. The lowest BCUT2D eigenvalue weighted by atomic mass is 10.1. The molecule has 3 heterocycles. The van der Waals surface area contributed by atoms with Gasteiger partial charge in [-0.05, 0) is 24.3 Å². The molecule has 0 radical (unpaired) electrons. The number of nitrogens with zero attached hydrogens (tertiary/aromatic N) is 3. The molecule has 0 saturated carbocycles. The fourth-order valence-corrected chi connectivity index (χ4v) is 7.09. The molecule has 4 aromatic carbocycles. The van der Waals surface area contributed by atoms with Crippen LogP contribution in [-0.4, -0.2) is 15.0 Å². The van der Waals surface area contributed by atoms with Crippen molar-refractivity contribution in [3.63, 3.8) is 0 Å². The molecular formula is C27H14IN3S2. The first kappa shape index (κ1) is 19.5. The summed E-state index contributed by atoms with van der Waals surface area (Å²) in [5.41, 5.74) is 2.03. The Balaban J connectivity index is 1.36. The molecular weight excluding hydrogens is 557 g/mol. The van der Waals surface area contributed by atoms with Gasteiger partial charge in [-0.25, -0.2) is 15.0 Å². The molecule has 0 bridgehead atoms. The number of hydrogen-bond donors (Lipinski definition) is 0. The third-order valence-electron chi connectivity index (χ3n) is 5.88. The van der Waals surface area contributed by atoms with E-state index in [4.69, 9.17) is 4.98 Å². The molecule has 0 N–H and O–H groups in total. The second kappa shape index (κ2) is 7.55. The van der Waals surface area contributed by atoms with Gasteiger partial charge in [0.15, 0.2) is 15.5 Å². The molecule has 0 unspecified atom stereocenters. The maximum Gasteiger partial charge on any atom is 0.194 e. The lowest BCUT2D eigenvalue weighted by Crippen LogP contribution is -1.99. The van der Waals surface area contributed by atoms with E-state index in [0.717, 1.165) is 11.1 Å². The van der Waals surface area contributed by atoms with Gasteiger partial charge in [0.05, 0.1) is 0 Å². The molecule has 6 heteroatoms. The molecule has 0 aliphatic rings. The third kappa shape index (κ3) is 3.24. The predicted octanol–water partition coefficient (Wildman–Crippen LogP) is 8.55. The van der Waals surface area contributed by atoms with E-state index in [9.17, 15) is 0 Å². The van der Waals surface area contributed by atoms with Crippen molar-refractivity contribution in [2.45, 2.75) is 0 Å². The summed E-state index contributed by atoms with van der Waals surface area (Å²) in [6.07, 6.45) is 0. The van der Waals surface area contributed by atoms with E-state index in [2.05, 4.69) is 117 Å². The first-order valence-electron chi connectivity index (χ1n) is 10.5. The first-order valence-corrected chi connectivity index (χ1v) is 13.2. The van der Waals surface area contributed by atoms with Crippen molar-refractivity contribution >= 4 is 85.6 Å². The van der Waals surface area contributed by atoms with Crippen LogP contribution in [0.3, 0.4) is 0 Å². The van der Waals surface area contributed by atoms with Crippen molar-refractivity contribution < 1.29 is 0 Å². The number of aromatic nitrogens is 3. The SMILES string of the molecule is Ic1nc(-c2ccc3c(c2)sc2ccccc23)nc(-c2ccc3c(c2)sc2ccccc23)n1. The average Bonchev–Trinajstić information content (AvgIpc) is 3.40. The van der Waals surface area contributed by atoms with Gasteiger partial charge in [0, 0.05) is 74.1 Å².